The Morgan fingerprint density at radius 2 is 1.57 bits per heavy atom. The second-order valence-electron chi connectivity index (χ2n) is 5.54. The third kappa shape index (κ3) is 5.29. The van der Waals surface area contributed by atoms with Crippen LogP contribution in [0.3, 0.4) is 0 Å². The summed E-state index contributed by atoms with van der Waals surface area (Å²) in [5, 5.41) is 11.9. The van der Waals surface area contributed by atoms with Crippen LogP contribution in [0.25, 0.3) is 6.08 Å². The molecule has 0 saturated heterocycles. The highest BCUT2D eigenvalue weighted by Gasteiger charge is 2.11. The summed E-state index contributed by atoms with van der Waals surface area (Å²) in [4.78, 5) is 35.4. The highest BCUT2D eigenvalue weighted by atomic mass is 16.5. The van der Waals surface area contributed by atoms with Gasteiger partial charge in [0.2, 0.25) is 0 Å². The smallest absolute Gasteiger partial charge is 0.338 e. The van der Waals surface area contributed by atoms with E-state index >= 15 is 0 Å². The molecule has 7 heteroatoms. The van der Waals surface area contributed by atoms with Crippen LogP contribution in [0.4, 0.5) is 5.69 Å². The third-order valence-electron chi connectivity index (χ3n) is 3.66. The van der Waals surface area contributed by atoms with Crippen LogP contribution in [-0.4, -0.2) is 31.6 Å². The lowest BCUT2D eigenvalue weighted by molar-refractivity contribution is -0.112. The number of anilines is 1. The Kier molecular flexibility index (Phi) is 7.06. The van der Waals surface area contributed by atoms with Gasteiger partial charge in [-0.3, -0.25) is 4.79 Å². The topological polar surface area (TPSA) is 105 Å². The lowest BCUT2D eigenvalue weighted by Crippen LogP contribution is -2.13. The number of nitrogens with one attached hydrogen (secondary N) is 1. The number of esters is 2. The number of methoxy groups -OCH3 is 1. The summed E-state index contributed by atoms with van der Waals surface area (Å²) in [6, 6.07) is 14.3. The van der Waals surface area contributed by atoms with Crippen LogP contribution in [0.15, 0.2) is 54.1 Å². The molecule has 0 aliphatic rings. The molecule has 0 atom stereocenters. The summed E-state index contributed by atoms with van der Waals surface area (Å²) in [5.74, 6) is -1.52. The van der Waals surface area contributed by atoms with Crippen molar-refractivity contribution in [2.24, 2.45) is 0 Å². The van der Waals surface area contributed by atoms with Gasteiger partial charge in [-0.25, -0.2) is 9.59 Å². The van der Waals surface area contributed by atoms with Crippen molar-refractivity contribution in [3.05, 3.63) is 70.8 Å². The van der Waals surface area contributed by atoms with E-state index in [1.54, 1.807) is 43.3 Å². The van der Waals surface area contributed by atoms with Crippen LogP contribution in [0.2, 0.25) is 0 Å². The van der Waals surface area contributed by atoms with E-state index in [0.29, 0.717) is 22.4 Å². The number of benzene rings is 2. The summed E-state index contributed by atoms with van der Waals surface area (Å²) in [7, 11) is 1.29. The molecule has 0 saturated carbocycles. The van der Waals surface area contributed by atoms with Gasteiger partial charge in [0, 0.05) is 5.69 Å². The minimum Gasteiger partial charge on any atom is -0.465 e. The number of hydrogen-bond donors (Lipinski definition) is 1. The van der Waals surface area contributed by atoms with E-state index in [2.05, 4.69) is 10.1 Å². The Balaban J connectivity index is 2.11. The molecule has 0 fully saturated rings. The molecule has 142 valence electrons. The molecule has 0 bridgehead atoms. The number of hydrogen-bond acceptors (Lipinski definition) is 6. The maximum Gasteiger partial charge on any atom is 0.338 e. The van der Waals surface area contributed by atoms with Crippen molar-refractivity contribution >= 4 is 29.6 Å². The number of rotatable bonds is 6. The summed E-state index contributed by atoms with van der Waals surface area (Å²) in [6.45, 7) is 1.99. The van der Waals surface area contributed by atoms with Gasteiger partial charge in [0.25, 0.3) is 5.91 Å². The predicted octanol–water partition coefficient (Wildman–Crippen LogP) is 3.20. The van der Waals surface area contributed by atoms with Crippen LogP contribution in [0, 0.1) is 11.3 Å². The van der Waals surface area contributed by atoms with Crippen molar-refractivity contribution in [3.63, 3.8) is 0 Å². The molecule has 0 aliphatic carbocycles. The first-order valence-electron chi connectivity index (χ1n) is 8.37. The normalized spacial score (nSPS) is 10.5. The minimum atomic E-state index is -0.594. The SMILES string of the molecule is CCOC(=O)c1ccc(NC(=O)C(C#N)=Cc2ccc(C(=O)OC)cc2)cc1. The molecule has 0 unspecified atom stereocenters. The number of nitriles is 1. The quantitative estimate of drug-likeness (QED) is 0.470. The van der Waals surface area contributed by atoms with Gasteiger partial charge in [0.15, 0.2) is 0 Å². The zero-order valence-electron chi connectivity index (χ0n) is 15.4. The molecule has 0 heterocycles. The molecule has 2 aromatic carbocycles. The highest BCUT2D eigenvalue weighted by molar-refractivity contribution is 6.09. The number of carbonyl (C=O) groups is 3. The van der Waals surface area contributed by atoms with Crippen molar-refractivity contribution in [1.82, 2.24) is 0 Å². The largest absolute Gasteiger partial charge is 0.465 e. The van der Waals surface area contributed by atoms with Gasteiger partial charge in [-0.05, 0) is 55.0 Å². The van der Waals surface area contributed by atoms with E-state index in [9.17, 15) is 19.6 Å². The molecule has 7 nitrogen and oxygen atoms in total. The maximum absolute atomic E-state index is 12.3. The highest BCUT2D eigenvalue weighted by Crippen LogP contribution is 2.14. The van der Waals surface area contributed by atoms with E-state index in [0.717, 1.165) is 0 Å². The third-order valence-corrected chi connectivity index (χ3v) is 3.66. The fraction of sp³-hybridized carbons (Fsp3) is 0.143. The predicted molar refractivity (Wildman–Crippen MR) is 102 cm³/mol. The molecule has 0 aromatic heterocycles. The van der Waals surface area contributed by atoms with Gasteiger partial charge in [0.05, 0.1) is 24.8 Å². The number of carbonyl (C=O) groups excluding carboxylic acids is 3. The first kappa shape index (κ1) is 20.4. The number of ether oxygens (including phenoxy) is 2. The van der Waals surface area contributed by atoms with Crippen LogP contribution >= 0.6 is 0 Å². The second-order valence-corrected chi connectivity index (χ2v) is 5.54. The van der Waals surface area contributed by atoms with Gasteiger partial charge in [0.1, 0.15) is 11.6 Å². The van der Waals surface area contributed by atoms with Crippen molar-refractivity contribution in [2.45, 2.75) is 6.92 Å². The van der Waals surface area contributed by atoms with E-state index in [-0.39, 0.29) is 12.2 Å². The van der Waals surface area contributed by atoms with Crippen molar-refractivity contribution in [3.8, 4) is 6.07 Å². The summed E-state index contributed by atoms with van der Waals surface area (Å²) >= 11 is 0. The average Bonchev–Trinajstić information content (AvgIpc) is 2.72. The molecule has 1 amide bonds. The van der Waals surface area contributed by atoms with Gasteiger partial charge in [-0.2, -0.15) is 5.26 Å². The molecular weight excluding hydrogens is 360 g/mol. The molecule has 0 radical (unpaired) electrons. The molecule has 2 aromatic rings. The summed E-state index contributed by atoms with van der Waals surface area (Å²) in [5.41, 5.74) is 1.63. The van der Waals surface area contributed by atoms with Crippen LogP contribution in [0.5, 0.6) is 0 Å². The first-order valence-corrected chi connectivity index (χ1v) is 8.37. The number of nitrogens with zero attached hydrogens (tertiary/aromatic N) is 1. The fourth-order valence-corrected chi connectivity index (χ4v) is 2.25. The van der Waals surface area contributed by atoms with Crippen molar-refractivity contribution in [1.29, 1.82) is 5.26 Å². The molecular formula is C21H18N2O5. The zero-order valence-corrected chi connectivity index (χ0v) is 15.4. The van der Waals surface area contributed by atoms with Crippen LogP contribution in [0.1, 0.15) is 33.2 Å². The van der Waals surface area contributed by atoms with Gasteiger partial charge < -0.3 is 14.8 Å². The molecule has 2 rings (SSSR count). The lowest BCUT2D eigenvalue weighted by Gasteiger charge is -2.06. The van der Waals surface area contributed by atoms with Gasteiger partial charge >= 0.3 is 11.9 Å². The van der Waals surface area contributed by atoms with Crippen LogP contribution in [-0.2, 0) is 14.3 Å². The summed E-state index contributed by atoms with van der Waals surface area (Å²) in [6.07, 6.45) is 1.41. The molecule has 28 heavy (non-hydrogen) atoms. The van der Waals surface area contributed by atoms with E-state index in [1.807, 2.05) is 6.07 Å². The lowest BCUT2D eigenvalue weighted by atomic mass is 10.1. The van der Waals surface area contributed by atoms with Crippen LogP contribution < -0.4 is 5.32 Å². The molecule has 1 N–H and O–H groups in total. The Bertz CT molecular complexity index is 938. The van der Waals surface area contributed by atoms with E-state index < -0.39 is 17.8 Å². The Morgan fingerprint density at radius 3 is 2.11 bits per heavy atom. The van der Waals surface area contributed by atoms with Crippen molar-refractivity contribution < 1.29 is 23.9 Å². The number of amides is 1. The monoisotopic (exact) mass is 378 g/mol. The Hall–Kier alpha value is -3.92. The van der Waals surface area contributed by atoms with Gasteiger partial charge in [-0.15, -0.1) is 0 Å². The molecule has 0 aliphatic heterocycles. The second kappa shape index (κ2) is 9.69. The molecule has 0 spiro atoms. The summed E-state index contributed by atoms with van der Waals surface area (Å²) < 4.78 is 9.51. The maximum atomic E-state index is 12.3. The Labute approximate surface area is 162 Å². The van der Waals surface area contributed by atoms with Gasteiger partial charge in [-0.1, -0.05) is 12.1 Å². The minimum absolute atomic E-state index is 0.111. The Morgan fingerprint density at radius 1 is 1.00 bits per heavy atom. The fourth-order valence-electron chi connectivity index (χ4n) is 2.25. The standard InChI is InChI=1S/C21H18N2O5/c1-3-28-21(26)16-8-10-18(11-9-16)23-19(24)17(13-22)12-14-4-6-15(7-5-14)20(25)27-2/h4-12H,3H2,1-2H3,(H,23,24). The zero-order chi connectivity index (χ0) is 20.5. The van der Waals surface area contributed by atoms with Crippen molar-refractivity contribution in [2.75, 3.05) is 19.0 Å². The average molecular weight is 378 g/mol. The first-order chi connectivity index (χ1) is 13.5. The van der Waals surface area contributed by atoms with E-state index in [1.165, 1.54) is 25.3 Å². The van der Waals surface area contributed by atoms with E-state index in [4.69, 9.17) is 4.74 Å².